The summed E-state index contributed by atoms with van der Waals surface area (Å²) in [5.74, 6) is 0. The van der Waals surface area contributed by atoms with Gasteiger partial charge in [-0.1, -0.05) is 97.1 Å². The standard InChI is InChI=1S/C47H41N4/c48-36-37-49-40(30-24-38-26-32-46(33-27-38)50(42-14-5-1-6-15-42)43-16-7-2-8-17-43)22-13-23-41(49)31-25-39-28-34-47(35-29-39)51(44-18-9-3-10-19-44)45-20-11-4-12-21-45/h1-35H,36-37,48H2/q+1. The van der Waals surface area contributed by atoms with E-state index in [0.29, 0.717) is 13.1 Å². The molecule has 1 heterocycles. The van der Waals surface area contributed by atoms with Crippen LogP contribution in [0.3, 0.4) is 0 Å². The van der Waals surface area contributed by atoms with E-state index in [4.69, 9.17) is 5.73 Å². The number of para-hydroxylation sites is 4. The normalized spacial score (nSPS) is 11.2. The van der Waals surface area contributed by atoms with Crippen LogP contribution in [0.2, 0.25) is 0 Å². The minimum absolute atomic E-state index is 0.545. The average Bonchev–Trinajstić information content (AvgIpc) is 3.20. The summed E-state index contributed by atoms with van der Waals surface area (Å²) in [5, 5.41) is 0. The Morgan fingerprint density at radius 1 is 0.353 bits per heavy atom. The van der Waals surface area contributed by atoms with Crippen molar-refractivity contribution in [3.8, 4) is 0 Å². The molecule has 248 valence electrons. The Hall–Kier alpha value is -6.49. The molecule has 0 atom stereocenters. The van der Waals surface area contributed by atoms with Crippen molar-refractivity contribution >= 4 is 58.4 Å². The van der Waals surface area contributed by atoms with Crippen LogP contribution in [0.25, 0.3) is 24.3 Å². The lowest BCUT2D eigenvalue weighted by Crippen LogP contribution is -2.43. The van der Waals surface area contributed by atoms with Gasteiger partial charge in [-0.05, 0) is 102 Å². The van der Waals surface area contributed by atoms with Gasteiger partial charge in [-0.3, -0.25) is 0 Å². The molecule has 0 aliphatic rings. The van der Waals surface area contributed by atoms with E-state index in [0.717, 1.165) is 56.6 Å². The minimum atomic E-state index is 0.545. The van der Waals surface area contributed by atoms with E-state index < -0.39 is 0 Å². The quantitative estimate of drug-likeness (QED) is 0.132. The molecule has 2 N–H and O–H groups in total. The second kappa shape index (κ2) is 16.3. The number of nitrogens with two attached hydrogens (primary N) is 1. The number of hydrogen-bond acceptors (Lipinski definition) is 3. The second-order valence-electron chi connectivity index (χ2n) is 12.2. The minimum Gasteiger partial charge on any atom is -0.325 e. The summed E-state index contributed by atoms with van der Waals surface area (Å²) in [5.41, 5.74) is 17.3. The highest BCUT2D eigenvalue weighted by atomic mass is 15.1. The van der Waals surface area contributed by atoms with E-state index in [-0.39, 0.29) is 0 Å². The van der Waals surface area contributed by atoms with E-state index >= 15 is 0 Å². The number of benzene rings is 6. The van der Waals surface area contributed by atoms with Crippen molar-refractivity contribution in [3.05, 3.63) is 211 Å². The third-order valence-corrected chi connectivity index (χ3v) is 8.76. The number of aromatic nitrogens is 1. The van der Waals surface area contributed by atoms with Crippen LogP contribution in [0.1, 0.15) is 22.5 Å². The van der Waals surface area contributed by atoms with Gasteiger partial charge >= 0.3 is 0 Å². The Morgan fingerprint density at radius 2 is 0.667 bits per heavy atom. The molecule has 0 radical (unpaired) electrons. The molecule has 0 bridgehead atoms. The Labute approximate surface area is 301 Å². The van der Waals surface area contributed by atoms with Gasteiger partial charge < -0.3 is 15.5 Å². The molecule has 4 heteroatoms. The smallest absolute Gasteiger partial charge is 0.205 e. The van der Waals surface area contributed by atoms with Crippen LogP contribution in [0.5, 0.6) is 0 Å². The van der Waals surface area contributed by atoms with Gasteiger partial charge in [0.05, 0.1) is 6.54 Å². The molecule has 51 heavy (non-hydrogen) atoms. The van der Waals surface area contributed by atoms with Gasteiger partial charge in [-0.15, -0.1) is 0 Å². The van der Waals surface area contributed by atoms with Crippen LogP contribution in [-0.4, -0.2) is 6.54 Å². The molecule has 0 saturated heterocycles. The SMILES string of the molecule is NCC[n+]1c(/C=C/c2ccc(N(c3ccccc3)c3ccccc3)cc2)cccc1/C=C/c1ccc(N(c2ccccc2)c2ccccc2)cc1. The zero-order chi connectivity index (χ0) is 34.7. The molecule has 7 rings (SSSR count). The summed E-state index contributed by atoms with van der Waals surface area (Å²) in [7, 11) is 0. The summed E-state index contributed by atoms with van der Waals surface area (Å²) >= 11 is 0. The number of hydrogen-bond donors (Lipinski definition) is 1. The number of rotatable bonds is 12. The van der Waals surface area contributed by atoms with Gasteiger partial charge in [-0.25, -0.2) is 0 Å². The lowest BCUT2D eigenvalue weighted by atomic mass is 10.1. The first kappa shape index (κ1) is 33.0. The molecule has 0 spiro atoms. The molecule has 1 aromatic heterocycles. The summed E-state index contributed by atoms with van der Waals surface area (Å²) < 4.78 is 2.27. The Bertz CT molecular complexity index is 1940. The maximum atomic E-state index is 6.12. The largest absolute Gasteiger partial charge is 0.325 e. The molecular weight excluding hydrogens is 621 g/mol. The zero-order valence-electron chi connectivity index (χ0n) is 28.5. The molecule has 6 aromatic carbocycles. The fourth-order valence-corrected chi connectivity index (χ4v) is 6.29. The van der Waals surface area contributed by atoms with Gasteiger partial charge in [0.1, 0.15) is 0 Å². The topological polar surface area (TPSA) is 36.4 Å². The highest BCUT2D eigenvalue weighted by Crippen LogP contribution is 2.35. The zero-order valence-corrected chi connectivity index (χ0v) is 28.5. The van der Waals surface area contributed by atoms with Crippen LogP contribution in [0.4, 0.5) is 34.1 Å². The number of anilines is 6. The van der Waals surface area contributed by atoms with Gasteiger partial charge in [0.25, 0.3) is 0 Å². The molecule has 0 amide bonds. The van der Waals surface area contributed by atoms with Crippen molar-refractivity contribution in [2.24, 2.45) is 5.73 Å². The maximum Gasteiger partial charge on any atom is 0.205 e. The van der Waals surface area contributed by atoms with Crippen LogP contribution in [0, 0.1) is 0 Å². The lowest BCUT2D eigenvalue weighted by Gasteiger charge is -2.25. The molecule has 0 aliphatic carbocycles. The predicted octanol–water partition coefficient (Wildman–Crippen LogP) is 11.2. The Morgan fingerprint density at radius 3 is 0.980 bits per heavy atom. The van der Waals surface area contributed by atoms with Gasteiger partial charge in [-0.2, -0.15) is 4.57 Å². The highest BCUT2D eigenvalue weighted by Gasteiger charge is 2.14. The molecular formula is C47H41N4+. The summed E-state index contributed by atoms with van der Waals surface area (Å²) in [6.45, 7) is 1.26. The summed E-state index contributed by atoms with van der Waals surface area (Å²) in [6, 6.07) is 65.7. The molecule has 0 unspecified atom stereocenters. The fourth-order valence-electron chi connectivity index (χ4n) is 6.29. The summed E-state index contributed by atoms with van der Waals surface area (Å²) in [6.07, 6.45) is 8.67. The van der Waals surface area contributed by atoms with Gasteiger partial charge in [0.2, 0.25) is 11.4 Å². The Kier molecular flexibility index (Phi) is 10.5. The van der Waals surface area contributed by atoms with E-state index in [2.05, 4.69) is 202 Å². The molecule has 4 nitrogen and oxygen atoms in total. The molecule has 0 saturated carbocycles. The average molecular weight is 662 g/mol. The molecule has 7 aromatic rings. The number of nitrogens with zero attached hydrogens (tertiary/aromatic N) is 3. The van der Waals surface area contributed by atoms with Gasteiger partial charge in [0, 0.05) is 58.4 Å². The van der Waals surface area contributed by atoms with E-state index in [1.165, 1.54) is 0 Å². The summed E-state index contributed by atoms with van der Waals surface area (Å²) in [4.78, 5) is 4.54. The highest BCUT2D eigenvalue weighted by molar-refractivity contribution is 5.79. The predicted molar refractivity (Wildman–Crippen MR) is 216 cm³/mol. The van der Waals surface area contributed by atoms with Crippen molar-refractivity contribution in [1.82, 2.24) is 0 Å². The van der Waals surface area contributed by atoms with Crippen molar-refractivity contribution < 1.29 is 4.57 Å². The Balaban J connectivity index is 1.11. The van der Waals surface area contributed by atoms with Crippen molar-refractivity contribution in [2.45, 2.75) is 6.54 Å². The third-order valence-electron chi connectivity index (χ3n) is 8.76. The first-order chi connectivity index (χ1) is 25.3. The van der Waals surface area contributed by atoms with Crippen LogP contribution in [0.15, 0.2) is 188 Å². The van der Waals surface area contributed by atoms with Crippen LogP contribution in [-0.2, 0) is 6.54 Å². The van der Waals surface area contributed by atoms with E-state index in [1.54, 1.807) is 0 Å². The second-order valence-corrected chi connectivity index (χ2v) is 12.2. The van der Waals surface area contributed by atoms with Gasteiger partial charge in [0.15, 0.2) is 6.54 Å². The van der Waals surface area contributed by atoms with E-state index in [1.807, 2.05) is 24.3 Å². The van der Waals surface area contributed by atoms with Crippen molar-refractivity contribution in [1.29, 1.82) is 0 Å². The monoisotopic (exact) mass is 661 g/mol. The van der Waals surface area contributed by atoms with Crippen molar-refractivity contribution in [3.63, 3.8) is 0 Å². The maximum absolute atomic E-state index is 6.12. The molecule has 0 aliphatic heterocycles. The lowest BCUT2D eigenvalue weighted by molar-refractivity contribution is -0.697. The molecule has 0 fully saturated rings. The van der Waals surface area contributed by atoms with E-state index in [9.17, 15) is 0 Å². The third kappa shape index (κ3) is 8.05. The fraction of sp³-hybridized carbons (Fsp3) is 0.0426. The first-order valence-corrected chi connectivity index (χ1v) is 17.4. The number of pyridine rings is 1. The van der Waals surface area contributed by atoms with Crippen LogP contribution >= 0.6 is 0 Å². The van der Waals surface area contributed by atoms with Crippen LogP contribution < -0.4 is 20.1 Å². The van der Waals surface area contributed by atoms with Crippen molar-refractivity contribution in [2.75, 3.05) is 16.3 Å². The first-order valence-electron chi connectivity index (χ1n) is 17.4.